The van der Waals surface area contributed by atoms with Crippen molar-refractivity contribution >= 4 is 58.4 Å². The topological polar surface area (TPSA) is 149 Å². The number of anilines is 1. The van der Waals surface area contributed by atoms with Crippen molar-refractivity contribution in [2.24, 2.45) is 0 Å². The lowest BCUT2D eigenvalue weighted by molar-refractivity contribution is -0.145. The molecule has 1 aromatic carbocycles. The molecule has 2 N–H and O–H groups in total. The second-order valence-corrected chi connectivity index (χ2v) is 9.86. The molecule has 0 aliphatic rings. The highest BCUT2D eigenvalue weighted by Crippen LogP contribution is 2.32. The molecule has 13 nitrogen and oxygen atoms in total. The number of carbonyl (C=O) groups is 3. The minimum absolute atomic E-state index is 0.0201. The molecule has 0 unspecified atom stereocenters. The third kappa shape index (κ3) is 6.98. The summed E-state index contributed by atoms with van der Waals surface area (Å²) in [5.41, 5.74) is 1.76. The molecule has 4 rings (SSSR count). The number of benzene rings is 1. The molecular formula is C24H19Cl3F3N9O4. The van der Waals surface area contributed by atoms with Crippen LogP contribution in [0, 0.1) is 6.92 Å². The summed E-state index contributed by atoms with van der Waals surface area (Å²) in [4.78, 5) is 46.0. The molecule has 0 radical (unpaired) electrons. The average molecular weight is 661 g/mol. The van der Waals surface area contributed by atoms with Gasteiger partial charge in [0.1, 0.15) is 11.5 Å². The number of halogens is 6. The molecule has 0 bridgehead atoms. The van der Waals surface area contributed by atoms with Gasteiger partial charge in [0.2, 0.25) is 0 Å². The van der Waals surface area contributed by atoms with Gasteiger partial charge in [0.05, 0.1) is 40.6 Å². The number of hydrogen-bond donors (Lipinski definition) is 2. The lowest BCUT2D eigenvalue weighted by Crippen LogP contribution is -2.43. The molecular weight excluding hydrogens is 642 g/mol. The number of methoxy groups -OCH3 is 1. The monoisotopic (exact) mass is 659 g/mol. The van der Waals surface area contributed by atoms with Crippen molar-refractivity contribution < 1.29 is 32.3 Å². The zero-order valence-corrected chi connectivity index (χ0v) is 24.5. The van der Waals surface area contributed by atoms with E-state index in [1.165, 1.54) is 50.5 Å². The second-order valence-electron chi connectivity index (χ2n) is 8.61. The highest BCUT2D eigenvalue weighted by atomic mass is 35.5. The van der Waals surface area contributed by atoms with Crippen LogP contribution in [-0.4, -0.2) is 66.6 Å². The van der Waals surface area contributed by atoms with E-state index < -0.39 is 29.9 Å². The molecule has 3 heterocycles. The van der Waals surface area contributed by atoms with Gasteiger partial charge in [-0.25, -0.2) is 29.1 Å². The van der Waals surface area contributed by atoms with Gasteiger partial charge in [-0.3, -0.25) is 15.0 Å². The molecule has 0 aliphatic carbocycles. The SMILES string of the molecule is COC(=O)N(C)NC(=O)c1cc(Cl)cc(Cl)c1NC(=O)c1cc(Cn2nc(C(F)(F)F)nc2C)nn1-c1ncccc1Cl. The normalized spacial score (nSPS) is 11.3. The molecule has 0 saturated heterocycles. The number of hydrazine groups is 1. The molecule has 0 aliphatic heterocycles. The Bertz CT molecular complexity index is 1730. The molecule has 0 fully saturated rings. The maximum Gasteiger partial charge on any atom is 0.453 e. The van der Waals surface area contributed by atoms with Crippen LogP contribution in [0.4, 0.5) is 23.7 Å². The minimum Gasteiger partial charge on any atom is -0.452 e. The lowest BCUT2D eigenvalue weighted by Gasteiger charge is -2.19. The summed E-state index contributed by atoms with van der Waals surface area (Å²) in [6.45, 7) is 1.02. The summed E-state index contributed by atoms with van der Waals surface area (Å²) >= 11 is 18.7. The summed E-state index contributed by atoms with van der Waals surface area (Å²) in [6, 6.07) is 6.76. The first-order valence-electron chi connectivity index (χ1n) is 11.8. The Morgan fingerprint density at radius 3 is 2.42 bits per heavy atom. The first-order valence-corrected chi connectivity index (χ1v) is 12.9. The van der Waals surface area contributed by atoms with Crippen molar-refractivity contribution in [3.05, 3.63) is 80.2 Å². The van der Waals surface area contributed by atoms with Crippen LogP contribution >= 0.6 is 34.8 Å². The molecule has 226 valence electrons. The Hall–Kier alpha value is -4.41. The minimum atomic E-state index is -4.77. The van der Waals surface area contributed by atoms with Crippen LogP contribution in [0.3, 0.4) is 0 Å². The standard InChI is InChI=1S/C24H19Cl3F3N9O4/c1-11-32-22(24(28,29)30)36-38(11)10-13-9-17(39(34-13)19-15(26)5-4-6-31-19)21(41)33-18-14(7-12(25)8-16(18)27)20(40)35-37(2)23(42)43-3/h4-9H,10H2,1-3H3,(H,33,41)(H,35,40). The zero-order chi connectivity index (χ0) is 31.6. The van der Waals surface area contributed by atoms with Gasteiger partial charge in [0, 0.05) is 18.3 Å². The maximum absolute atomic E-state index is 13.6. The Kier molecular flexibility index (Phi) is 9.12. The van der Waals surface area contributed by atoms with Crippen molar-refractivity contribution in [1.82, 2.24) is 40.0 Å². The number of hydrogen-bond acceptors (Lipinski definition) is 8. The van der Waals surface area contributed by atoms with Crippen molar-refractivity contribution in [3.63, 3.8) is 0 Å². The second kappa shape index (κ2) is 12.4. The fraction of sp³-hybridized carbons (Fsp3) is 0.208. The van der Waals surface area contributed by atoms with Crippen LogP contribution in [0.5, 0.6) is 0 Å². The first-order chi connectivity index (χ1) is 20.2. The third-order valence-electron chi connectivity index (χ3n) is 5.61. The number of aromatic nitrogens is 6. The number of pyridine rings is 1. The molecule has 3 amide bonds. The number of rotatable bonds is 6. The molecule has 0 spiro atoms. The number of carbonyl (C=O) groups excluding carboxylic acids is 3. The number of ether oxygens (including phenoxy) is 1. The maximum atomic E-state index is 13.6. The molecule has 0 saturated carbocycles. The number of aryl methyl sites for hydroxylation is 1. The van der Waals surface area contributed by atoms with E-state index in [0.717, 1.165) is 21.5 Å². The van der Waals surface area contributed by atoms with Gasteiger partial charge in [-0.05, 0) is 37.3 Å². The Balaban J connectivity index is 1.74. The fourth-order valence-electron chi connectivity index (χ4n) is 3.66. The van der Waals surface area contributed by atoms with Gasteiger partial charge in [0.15, 0.2) is 5.82 Å². The molecule has 0 atom stereocenters. The molecule has 3 aromatic heterocycles. The van der Waals surface area contributed by atoms with Crippen LogP contribution in [0.15, 0.2) is 36.5 Å². The predicted octanol–water partition coefficient (Wildman–Crippen LogP) is 4.79. The van der Waals surface area contributed by atoms with Crippen LogP contribution in [0.2, 0.25) is 15.1 Å². The summed E-state index contributed by atoms with van der Waals surface area (Å²) in [5, 5.41) is 11.1. The summed E-state index contributed by atoms with van der Waals surface area (Å²) in [6.07, 6.45) is -4.27. The lowest BCUT2D eigenvalue weighted by atomic mass is 10.1. The van der Waals surface area contributed by atoms with Crippen molar-refractivity contribution in [3.8, 4) is 5.82 Å². The molecule has 43 heavy (non-hydrogen) atoms. The highest BCUT2D eigenvalue weighted by molar-refractivity contribution is 6.38. The fourth-order valence-corrected chi connectivity index (χ4v) is 4.40. The van der Waals surface area contributed by atoms with E-state index in [1.807, 2.05) is 0 Å². The number of nitrogens with one attached hydrogen (secondary N) is 2. The number of nitrogens with zero attached hydrogens (tertiary/aromatic N) is 7. The average Bonchev–Trinajstić information content (AvgIpc) is 3.53. The van der Waals surface area contributed by atoms with Crippen molar-refractivity contribution in [2.75, 3.05) is 19.5 Å². The first kappa shape index (κ1) is 31.5. The van der Waals surface area contributed by atoms with Crippen LogP contribution in [0.1, 0.15) is 38.2 Å². The van der Waals surface area contributed by atoms with Crippen molar-refractivity contribution in [2.45, 2.75) is 19.6 Å². The van der Waals surface area contributed by atoms with Gasteiger partial charge in [0.25, 0.3) is 17.6 Å². The van der Waals surface area contributed by atoms with Gasteiger partial charge in [-0.2, -0.15) is 18.3 Å². The Morgan fingerprint density at radius 2 is 1.79 bits per heavy atom. The van der Waals surface area contributed by atoms with E-state index in [2.05, 4.69) is 35.6 Å². The highest BCUT2D eigenvalue weighted by Gasteiger charge is 2.36. The van der Waals surface area contributed by atoms with Gasteiger partial charge in [-0.1, -0.05) is 34.8 Å². The molecule has 19 heteroatoms. The number of alkyl halides is 3. The zero-order valence-electron chi connectivity index (χ0n) is 22.2. The van der Waals surface area contributed by atoms with E-state index >= 15 is 0 Å². The Morgan fingerprint density at radius 1 is 1.07 bits per heavy atom. The van der Waals surface area contributed by atoms with Gasteiger partial charge < -0.3 is 10.1 Å². The summed E-state index contributed by atoms with van der Waals surface area (Å²) in [5.74, 6) is -3.12. The van der Waals surface area contributed by atoms with E-state index in [4.69, 9.17) is 34.8 Å². The summed E-state index contributed by atoms with van der Waals surface area (Å²) < 4.78 is 46.0. The third-order valence-corrected chi connectivity index (χ3v) is 6.42. The summed E-state index contributed by atoms with van der Waals surface area (Å²) in [7, 11) is 2.33. The largest absolute Gasteiger partial charge is 0.453 e. The van der Waals surface area contributed by atoms with E-state index in [0.29, 0.717) is 0 Å². The van der Waals surface area contributed by atoms with Crippen LogP contribution in [-0.2, 0) is 17.5 Å². The van der Waals surface area contributed by atoms with Gasteiger partial charge in [-0.15, -0.1) is 5.10 Å². The quantitative estimate of drug-likeness (QED) is 0.281. The number of amides is 3. The van der Waals surface area contributed by atoms with E-state index in [1.54, 1.807) is 0 Å². The van der Waals surface area contributed by atoms with E-state index in [9.17, 15) is 27.6 Å². The van der Waals surface area contributed by atoms with Crippen molar-refractivity contribution in [1.29, 1.82) is 0 Å². The predicted molar refractivity (Wildman–Crippen MR) is 147 cm³/mol. The Labute approximate surface area is 255 Å². The van der Waals surface area contributed by atoms with Crippen LogP contribution in [0.25, 0.3) is 5.82 Å². The van der Waals surface area contributed by atoms with Crippen LogP contribution < -0.4 is 10.7 Å². The smallest absolute Gasteiger partial charge is 0.452 e. The van der Waals surface area contributed by atoms with E-state index in [-0.39, 0.29) is 55.9 Å². The van der Waals surface area contributed by atoms with Gasteiger partial charge >= 0.3 is 12.3 Å². The molecule has 4 aromatic rings.